The lowest BCUT2D eigenvalue weighted by Crippen LogP contribution is -2.36. The molecule has 0 spiro atoms. The molecule has 4 aromatic rings. The number of hydrogen-bond donors (Lipinski definition) is 2. The van der Waals surface area contributed by atoms with Crippen LogP contribution < -0.4 is 0 Å². The molecule has 1 amide bonds. The van der Waals surface area contributed by atoms with Crippen molar-refractivity contribution in [3.8, 4) is 0 Å². The van der Waals surface area contributed by atoms with Gasteiger partial charge in [-0.05, 0) is 29.8 Å². The summed E-state index contributed by atoms with van der Waals surface area (Å²) in [7, 11) is 0. The molecule has 2 aromatic heterocycles. The van der Waals surface area contributed by atoms with E-state index in [-0.39, 0.29) is 11.7 Å². The third-order valence-corrected chi connectivity index (χ3v) is 5.31. The number of para-hydroxylation sites is 1. The predicted molar refractivity (Wildman–Crippen MR) is 99.4 cm³/mol. The van der Waals surface area contributed by atoms with Crippen LogP contribution in [-0.2, 0) is 24.2 Å². The topological polar surface area (TPSA) is 51.9 Å². The number of fused-ring (bicyclic) bond motifs is 4. The quantitative estimate of drug-likeness (QED) is 0.567. The Morgan fingerprint density at radius 3 is 2.92 bits per heavy atom. The first kappa shape index (κ1) is 15.2. The van der Waals surface area contributed by atoms with Crippen LogP contribution in [0.15, 0.2) is 48.7 Å². The third kappa shape index (κ3) is 2.39. The van der Waals surface area contributed by atoms with Crippen LogP contribution in [0.4, 0.5) is 4.39 Å². The first-order chi connectivity index (χ1) is 12.7. The number of nitrogens with one attached hydrogen (secondary N) is 2. The standard InChI is InChI=1S/C21H18FN3O/c22-14-5-6-16-17-12-25(8-7-19(17)24-20(16)10-14)21(26)9-13-11-23-18-4-2-1-3-15(13)18/h1-6,10-11,23-24H,7-9,12H2. The van der Waals surface area contributed by atoms with E-state index in [1.165, 1.54) is 12.1 Å². The lowest BCUT2D eigenvalue weighted by molar-refractivity contribution is -0.131. The van der Waals surface area contributed by atoms with Gasteiger partial charge in [-0.1, -0.05) is 18.2 Å². The highest BCUT2D eigenvalue weighted by Gasteiger charge is 2.24. The van der Waals surface area contributed by atoms with Gasteiger partial charge in [0.1, 0.15) is 5.82 Å². The van der Waals surface area contributed by atoms with Crippen LogP contribution in [0.1, 0.15) is 16.8 Å². The van der Waals surface area contributed by atoms with Gasteiger partial charge in [0, 0.05) is 58.8 Å². The highest BCUT2D eigenvalue weighted by molar-refractivity contribution is 5.90. The van der Waals surface area contributed by atoms with Crippen molar-refractivity contribution >= 4 is 27.7 Å². The van der Waals surface area contributed by atoms with E-state index in [9.17, 15) is 9.18 Å². The lowest BCUT2D eigenvalue weighted by Gasteiger charge is -2.27. The number of aromatic nitrogens is 2. The molecule has 5 heteroatoms. The molecule has 3 heterocycles. The lowest BCUT2D eigenvalue weighted by atomic mass is 10.0. The summed E-state index contributed by atoms with van der Waals surface area (Å²) in [4.78, 5) is 21.3. The summed E-state index contributed by atoms with van der Waals surface area (Å²) in [6, 6.07) is 12.8. The Morgan fingerprint density at radius 1 is 1.12 bits per heavy atom. The zero-order valence-electron chi connectivity index (χ0n) is 14.2. The number of aromatic amines is 2. The van der Waals surface area contributed by atoms with Crippen molar-refractivity contribution in [2.24, 2.45) is 0 Å². The molecule has 0 radical (unpaired) electrons. The Bertz CT molecular complexity index is 1140. The molecule has 1 aliphatic rings. The first-order valence-electron chi connectivity index (χ1n) is 8.81. The van der Waals surface area contributed by atoms with Crippen LogP contribution in [0.3, 0.4) is 0 Å². The Hall–Kier alpha value is -3.08. The van der Waals surface area contributed by atoms with Crippen molar-refractivity contribution in [3.05, 3.63) is 71.3 Å². The van der Waals surface area contributed by atoms with E-state index in [4.69, 9.17) is 0 Å². The van der Waals surface area contributed by atoms with Gasteiger partial charge in [-0.2, -0.15) is 0 Å². The van der Waals surface area contributed by atoms with Crippen molar-refractivity contribution in [2.75, 3.05) is 6.54 Å². The Kier molecular flexibility index (Phi) is 3.35. The fourth-order valence-corrected chi connectivity index (χ4v) is 3.96. The number of rotatable bonds is 2. The number of amides is 1. The van der Waals surface area contributed by atoms with E-state index < -0.39 is 0 Å². The van der Waals surface area contributed by atoms with Gasteiger partial charge in [-0.25, -0.2) is 4.39 Å². The van der Waals surface area contributed by atoms with Gasteiger partial charge >= 0.3 is 0 Å². The maximum atomic E-state index is 13.5. The van der Waals surface area contributed by atoms with Gasteiger partial charge in [0.25, 0.3) is 0 Å². The summed E-state index contributed by atoms with van der Waals surface area (Å²) in [6.07, 6.45) is 3.08. The summed E-state index contributed by atoms with van der Waals surface area (Å²) < 4.78 is 13.5. The molecule has 0 saturated carbocycles. The SMILES string of the molecule is O=C(Cc1c[nH]c2ccccc12)N1CCc2[nH]c3cc(F)ccc3c2C1. The van der Waals surface area contributed by atoms with Gasteiger partial charge < -0.3 is 14.9 Å². The summed E-state index contributed by atoms with van der Waals surface area (Å²) in [5.74, 6) is -0.125. The minimum atomic E-state index is -0.247. The second kappa shape index (κ2) is 5.73. The van der Waals surface area contributed by atoms with Crippen molar-refractivity contribution in [3.63, 3.8) is 0 Å². The van der Waals surface area contributed by atoms with Gasteiger partial charge in [-0.15, -0.1) is 0 Å². The fraction of sp³-hybridized carbons (Fsp3) is 0.190. The Balaban J connectivity index is 1.41. The molecular weight excluding hydrogens is 329 g/mol. The highest BCUT2D eigenvalue weighted by atomic mass is 19.1. The minimum Gasteiger partial charge on any atom is -0.361 e. The molecule has 0 unspecified atom stereocenters. The van der Waals surface area contributed by atoms with Crippen molar-refractivity contribution < 1.29 is 9.18 Å². The van der Waals surface area contributed by atoms with Gasteiger partial charge in [0.2, 0.25) is 5.91 Å². The fourth-order valence-electron chi connectivity index (χ4n) is 3.96. The summed E-state index contributed by atoms with van der Waals surface area (Å²) in [6.45, 7) is 1.26. The number of carbonyl (C=O) groups is 1. The molecule has 0 aliphatic carbocycles. The van der Waals surface area contributed by atoms with Crippen LogP contribution in [0.25, 0.3) is 21.8 Å². The largest absolute Gasteiger partial charge is 0.361 e. The maximum absolute atomic E-state index is 13.5. The van der Waals surface area contributed by atoms with Crippen molar-refractivity contribution in [2.45, 2.75) is 19.4 Å². The van der Waals surface area contributed by atoms with Gasteiger partial charge in [0.15, 0.2) is 0 Å². The smallest absolute Gasteiger partial charge is 0.227 e. The summed E-state index contributed by atoms with van der Waals surface area (Å²) in [5, 5.41) is 2.10. The number of benzene rings is 2. The van der Waals surface area contributed by atoms with Crippen LogP contribution in [0.2, 0.25) is 0 Å². The minimum absolute atomic E-state index is 0.122. The first-order valence-corrected chi connectivity index (χ1v) is 8.81. The average molecular weight is 347 g/mol. The van der Waals surface area contributed by atoms with Crippen LogP contribution >= 0.6 is 0 Å². The molecule has 0 atom stereocenters. The predicted octanol–water partition coefficient (Wildman–Crippen LogP) is 3.92. The normalized spacial score (nSPS) is 14.1. The van der Waals surface area contributed by atoms with Crippen LogP contribution in [0.5, 0.6) is 0 Å². The number of hydrogen-bond acceptors (Lipinski definition) is 1. The van der Waals surface area contributed by atoms with Crippen molar-refractivity contribution in [1.82, 2.24) is 14.9 Å². The van der Waals surface area contributed by atoms with Gasteiger partial charge in [-0.3, -0.25) is 4.79 Å². The molecule has 0 saturated heterocycles. The Morgan fingerprint density at radius 2 is 2.00 bits per heavy atom. The molecule has 0 bridgehead atoms. The highest BCUT2D eigenvalue weighted by Crippen LogP contribution is 2.29. The second-order valence-corrected chi connectivity index (χ2v) is 6.87. The van der Waals surface area contributed by atoms with E-state index >= 15 is 0 Å². The van der Waals surface area contributed by atoms with E-state index in [1.54, 1.807) is 6.07 Å². The average Bonchev–Trinajstić information content (AvgIpc) is 3.22. The molecule has 2 aromatic carbocycles. The molecule has 5 rings (SSSR count). The maximum Gasteiger partial charge on any atom is 0.227 e. The molecular formula is C21H18FN3O. The number of nitrogens with zero attached hydrogens (tertiary/aromatic N) is 1. The second-order valence-electron chi connectivity index (χ2n) is 6.87. The van der Waals surface area contributed by atoms with Gasteiger partial charge in [0.05, 0.1) is 6.42 Å². The molecule has 2 N–H and O–H groups in total. The third-order valence-electron chi connectivity index (χ3n) is 5.31. The van der Waals surface area contributed by atoms with E-state index in [1.807, 2.05) is 35.4 Å². The number of H-pyrrole nitrogens is 2. The van der Waals surface area contributed by atoms with E-state index in [0.717, 1.165) is 45.0 Å². The zero-order chi connectivity index (χ0) is 17.7. The summed E-state index contributed by atoms with van der Waals surface area (Å²) >= 11 is 0. The Labute approximate surface area is 149 Å². The summed E-state index contributed by atoms with van der Waals surface area (Å²) in [5.41, 5.74) is 5.11. The van der Waals surface area contributed by atoms with Crippen LogP contribution in [0, 0.1) is 5.82 Å². The van der Waals surface area contributed by atoms with Crippen LogP contribution in [-0.4, -0.2) is 27.3 Å². The molecule has 0 fully saturated rings. The number of carbonyl (C=O) groups excluding carboxylic acids is 1. The van der Waals surface area contributed by atoms with E-state index in [0.29, 0.717) is 19.5 Å². The van der Waals surface area contributed by atoms with E-state index in [2.05, 4.69) is 9.97 Å². The molecule has 26 heavy (non-hydrogen) atoms. The molecule has 1 aliphatic heterocycles. The molecule has 4 nitrogen and oxygen atoms in total. The number of halogens is 1. The zero-order valence-corrected chi connectivity index (χ0v) is 14.2. The van der Waals surface area contributed by atoms with Crippen molar-refractivity contribution in [1.29, 1.82) is 0 Å². The monoisotopic (exact) mass is 347 g/mol. The molecule has 130 valence electrons.